The Hall–Kier alpha value is -1.99. The molecule has 0 aromatic heterocycles. The lowest BCUT2D eigenvalue weighted by Gasteiger charge is -2.48. The van der Waals surface area contributed by atoms with E-state index in [-0.39, 0.29) is 5.54 Å². The second-order valence-corrected chi connectivity index (χ2v) is 8.50. The summed E-state index contributed by atoms with van der Waals surface area (Å²) in [6.45, 7) is 6.80. The fraction of sp³-hybridized carbons (Fsp3) is 0.696. The summed E-state index contributed by atoms with van der Waals surface area (Å²) in [5, 5.41) is 7.09. The van der Waals surface area contributed by atoms with Crippen molar-refractivity contribution in [3.8, 4) is 11.5 Å². The first-order chi connectivity index (χ1) is 14.8. The van der Waals surface area contributed by atoms with Gasteiger partial charge < -0.3 is 24.8 Å². The third-order valence-electron chi connectivity index (χ3n) is 6.55. The molecule has 0 amide bonds. The summed E-state index contributed by atoms with van der Waals surface area (Å²) in [6.07, 6.45) is 7.38. The molecule has 0 atom stereocenters. The molecule has 0 bridgehead atoms. The minimum Gasteiger partial charge on any atom is -0.490 e. The summed E-state index contributed by atoms with van der Waals surface area (Å²) in [5.41, 5.74) is 1.37. The smallest absolute Gasteiger partial charge is 0.191 e. The highest BCUT2D eigenvalue weighted by molar-refractivity contribution is 5.79. The van der Waals surface area contributed by atoms with E-state index >= 15 is 0 Å². The van der Waals surface area contributed by atoms with Crippen molar-refractivity contribution in [3.63, 3.8) is 0 Å². The number of guanidine groups is 1. The van der Waals surface area contributed by atoms with E-state index in [0.29, 0.717) is 19.8 Å². The Bertz CT molecular complexity index is 712. The van der Waals surface area contributed by atoms with Crippen LogP contribution in [0.1, 0.15) is 44.1 Å². The van der Waals surface area contributed by atoms with Crippen LogP contribution in [0.15, 0.2) is 23.2 Å². The van der Waals surface area contributed by atoms with Crippen LogP contribution < -0.4 is 20.1 Å². The lowest BCUT2D eigenvalue weighted by atomic mass is 9.80. The van der Waals surface area contributed by atoms with E-state index in [1.54, 1.807) is 0 Å². The number of morpholine rings is 1. The molecule has 7 heteroatoms. The minimum atomic E-state index is 0.217. The van der Waals surface area contributed by atoms with Crippen molar-refractivity contribution < 1.29 is 14.2 Å². The molecule has 2 aliphatic heterocycles. The molecule has 1 aliphatic carbocycles. The van der Waals surface area contributed by atoms with E-state index in [1.807, 2.05) is 13.1 Å². The zero-order valence-corrected chi connectivity index (χ0v) is 18.3. The van der Waals surface area contributed by atoms with Crippen LogP contribution in [0.4, 0.5) is 0 Å². The van der Waals surface area contributed by atoms with E-state index < -0.39 is 0 Å². The lowest BCUT2D eigenvalue weighted by molar-refractivity contribution is -0.0352. The molecule has 1 aromatic carbocycles. The molecule has 0 radical (unpaired) electrons. The maximum atomic E-state index is 5.82. The molecule has 7 nitrogen and oxygen atoms in total. The zero-order valence-electron chi connectivity index (χ0n) is 18.3. The molecule has 0 unspecified atom stereocenters. The second-order valence-electron chi connectivity index (χ2n) is 8.50. The van der Waals surface area contributed by atoms with Gasteiger partial charge in [-0.05, 0) is 30.5 Å². The Balaban J connectivity index is 1.34. The van der Waals surface area contributed by atoms with E-state index in [9.17, 15) is 0 Å². The zero-order chi connectivity index (χ0) is 20.7. The lowest BCUT2D eigenvalue weighted by Crippen LogP contribution is -2.60. The summed E-state index contributed by atoms with van der Waals surface area (Å²) >= 11 is 0. The predicted octanol–water partition coefficient (Wildman–Crippen LogP) is 2.55. The van der Waals surface area contributed by atoms with Gasteiger partial charge in [-0.25, -0.2) is 0 Å². The maximum Gasteiger partial charge on any atom is 0.191 e. The number of benzene rings is 1. The van der Waals surface area contributed by atoms with Gasteiger partial charge in [0.15, 0.2) is 17.5 Å². The number of rotatable bonds is 5. The number of nitrogens with zero attached hydrogens (tertiary/aromatic N) is 2. The monoisotopic (exact) mass is 416 g/mol. The van der Waals surface area contributed by atoms with Gasteiger partial charge in [-0.1, -0.05) is 25.3 Å². The first-order valence-electron chi connectivity index (χ1n) is 11.4. The van der Waals surface area contributed by atoms with Crippen molar-refractivity contribution in [1.29, 1.82) is 0 Å². The van der Waals surface area contributed by atoms with Crippen molar-refractivity contribution in [3.05, 3.63) is 23.8 Å². The fourth-order valence-electron chi connectivity index (χ4n) is 4.82. The first-order valence-corrected chi connectivity index (χ1v) is 11.4. The predicted molar refractivity (Wildman–Crippen MR) is 118 cm³/mol. The van der Waals surface area contributed by atoms with Crippen molar-refractivity contribution in [2.75, 3.05) is 53.1 Å². The minimum absolute atomic E-state index is 0.217. The van der Waals surface area contributed by atoms with E-state index in [2.05, 4.69) is 32.7 Å². The standard InChI is InChI=1S/C23H36N4O3/c1-24-22(25-17-19-6-7-20-21(16-19)30-13-5-12-29-20)26-18-23(8-3-2-4-9-23)27-10-14-28-15-11-27/h6-7,16H,2-5,8-15,17-18H2,1H3,(H2,24,25,26). The van der Waals surface area contributed by atoms with E-state index in [0.717, 1.165) is 62.3 Å². The van der Waals surface area contributed by atoms with Crippen molar-refractivity contribution in [2.24, 2.45) is 4.99 Å². The molecule has 30 heavy (non-hydrogen) atoms. The molecule has 1 saturated heterocycles. The van der Waals surface area contributed by atoms with Crippen LogP contribution in [0.25, 0.3) is 0 Å². The molecule has 166 valence electrons. The Morgan fingerprint density at radius 1 is 0.967 bits per heavy atom. The Morgan fingerprint density at radius 3 is 2.50 bits per heavy atom. The van der Waals surface area contributed by atoms with Crippen LogP contribution >= 0.6 is 0 Å². The van der Waals surface area contributed by atoms with Crippen LogP contribution in [0.2, 0.25) is 0 Å². The van der Waals surface area contributed by atoms with Crippen molar-refractivity contribution >= 4 is 5.96 Å². The number of fused-ring (bicyclic) bond motifs is 1. The SMILES string of the molecule is CN=C(NCc1ccc2c(c1)OCCCO2)NCC1(N2CCOCC2)CCCCC1. The number of ether oxygens (including phenoxy) is 3. The third kappa shape index (κ3) is 5.19. The molecule has 2 fully saturated rings. The van der Waals surface area contributed by atoms with Crippen molar-refractivity contribution in [2.45, 2.75) is 50.6 Å². The summed E-state index contributed by atoms with van der Waals surface area (Å²) in [6, 6.07) is 6.16. The number of hydrogen-bond acceptors (Lipinski definition) is 5. The van der Waals surface area contributed by atoms with Crippen LogP contribution in [-0.4, -0.2) is 69.5 Å². The first kappa shape index (κ1) is 21.2. The fourth-order valence-corrected chi connectivity index (χ4v) is 4.82. The Kier molecular flexibility index (Phi) is 7.33. The van der Waals surface area contributed by atoms with Gasteiger partial charge in [-0.2, -0.15) is 0 Å². The van der Waals surface area contributed by atoms with Gasteiger partial charge in [0.25, 0.3) is 0 Å². The van der Waals surface area contributed by atoms with Gasteiger partial charge in [0.2, 0.25) is 0 Å². The quantitative estimate of drug-likeness (QED) is 0.568. The molecule has 1 aromatic rings. The summed E-state index contributed by atoms with van der Waals surface area (Å²) in [7, 11) is 1.84. The second kappa shape index (κ2) is 10.4. The Labute approximate surface area is 180 Å². The normalized spacial score (nSPS) is 22.2. The highest BCUT2D eigenvalue weighted by Gasteiger charge is 2.38. The number of hydrogen-bond donors (Lipinski definition) is 2. The largest absolute Gasteiger partial charge is 0.490 e. The van der Waals surface area contributed by atoms with Crippen LogP contribution in [0.3, 0.4) is 0 Å². The van der Waals surface area contributed by atoms with Gasteiger partial charge >= 0.3 is 0 Å². The molecular formula is C23H36N4O3. The third-order valence-corrected chi connectivity index (χ3v) is 6.55. The van der Waals surface area contributed by atoms with Gasteiger partial charge in [-0.3, -0.25) is 9.89 Å². The highest BCUT2D eigenvalue weighted by Crippen LogP contribution is 2.34. The highest BCUT2D eigenvalue weighted by atomic mass is 16.5. The maximum absolute atomic E-state index is 5.82. The summed E-state index contributed by atoms with van der Waals surface area (Å²) in [4.78, 5) is 7.11. The molecule has 2 heterocycles. The van der Waals surface area contributed by atoms with Gasteiger partial charge in [0.05, 0.1) is 26.4 Å². The van der Waals surface area contributed by atoms with E-state index in [1.165, 1.54) is 32.1 Å². The van der Waals surface area contributed by atoms with Gasteiger partial charge in [0.1, 0.15) is 0 Å². The molecule has 3 aliphatic rings. The van der Waals surface area contributed by atoms with Crippen molar-refractivity contribution in [1.82, 2.24) is 15.5 Å². The summed E-state index contributed by atoms with van der Waals surface area (Å²) < 4.78 is 17.1. The molecule has 1 saturated carbocycles. The molecule has 2 N–H and O–H groups in total. The average molecular weight is 417 g/mol. The van der Waals surface area contributed by atoms with Crippen LogP contribution in [0, 0.1) is 0 Å². The van der Waals surface area contributed by atoms with Crippen LogP contribution in [0.5, 0.6) is 11.5 Å². The topological polar surface area (TPSA) is 67.4 Å². The van der Waals surface area contributed by atoms with Gasteiger partial charge in [0, 0.05) is 45.2 Å². The van der Waals surface area contributed by atoms with Gasteiger partial charge in [-0.15, -0.1) is 0 Å². The number of nitrogens with one attached hydrogen (secondary N) is 2. The number of aliphatic imine (C=N–C) groups is 1. The van der Waals surface area contributed by atoms with Crippen LogP contribution in [-0.2, 0) is 11.3 Å². The Morgan fingerprint density at radius 2 is 1.73 bits per heavy atom. The average Bonchev–Trinajstić information content (AvgIpc) is 3.05. The molecule has 4 rings (SSSR count). The summed E-state index contributed by atoms with van der Waals surface area (Å²) in [5.74, 6) is 2.52. The molecule has 0 spiro atoms. The van der Waals surface area contributed by atoms with E-state index in [4.69, 9.17) is 14.2 Å². The molecular weight excluding hydrogens is 380 g/mol.